The summed E-state index contributed by atoms with van der Waals surface area (Å²) in [4.78, 5) is 8.78. The summed E-state index contributed by atoms with van der Waals surface area (Å²) in [7, 11) is 0. The topological polar surface area (TPSA) is 25.8 Å². The molecule has 1 aromatic heterocycles. The van der Waals surface area contributed by atoms with E-state index < -0.39 is 0 Å². The lowest BCUT2D eigenvalue weighted by atomic mass is 10.3. The van der Waals surface area contributed by atoms with Crippen molar-refractivity contribution in [3.63, 3.8) is 0 Å². The number of fused-ring (bicyclic) bond motifs is 1. The fourth-order valence-electron chi connectivity index (χ4n) is 1.29. The van der Waals surface area contributed by atoms with E-state index in [4.69, 9.17) is 0 Å². The van der Waals surface area contributed by atoms with Crippen LogP contribution in [0, 0.1) is 0 Å². The predicted molar refractivity (Wildman–Crippen MR) is 58.9 cm³/mol. The maximum atomic E-state index is 4.46. The molecule has 0 aliphatic heterocycles. The molecule has 0 saturated heterocycles. The van der Waals surface area contributed by atoms with Crippen molar-refractivity contribution in [2.75, 3.05) is 0 Å². The van der Waals surface area contributed by atoms with Crippen molar-refractivity contribution in [2.45, 2.75) is 13.3 Å². The zero-order valence-corrected chi connectivity index (χ0v) is 8.14. The van der Waals surface area contributed by atoms with Crippen molar-refractivity contribution in [3.8, 4) is 0 Å². The summed E-state index contributed by atoms with van der Waals surface area (Å²) in [5, 5.41) is 0. The van der Waals surface area contributed by atoms with E-state index in [-0.39, 0.29) is 0 Å². The van der Waals surface area contributed by atoms with Crippen LogP contribution in [0.25, 0.3) is 17.1 Å². The maximum absolute atomic E-state index is 4.46. The van der Waals surface area contributed by atoms with Crippen molar-refractivity contribution >= 4 is 17.1 Å². The molecule has 70 valence electrons. The molecule has 2 aromatic rings. The highest BCUT2D eigenvalue weighted by Crippen LogP contribution is 2.09. The number of benzene rings is 1. The van der Waals surface area contributed by atoms with E-state index in [9.17, 15) is 0 Å². The standard InChI is InChI=1S/C12H12N2/c1-2-3-6-10-9-13-11-7-4-5-8-12(11)14-10/h3-9H,2H2,1H3/b6-3+. The van der Waals surface area contributed by atoms with E-state index in [1.807, 2.05) is 30.3 Å². The molecule has 0 fully saturated rings. The van der Waals surface area contributed by atoms with Crippen molar-refractivity contribution < 1.29 is 0 Å². The first-order chi connectivity index (χ1) is 6.90. The first kappa shape index (κ1) is 8.88. The summed E-state index contributed by atoms with van der Waals surface area (Å²) in [5.41, 5.74) is 2.82. The number of allylic oxidation sites excluding steroid dienone is 1. The monoisotopic (exact) mass is 184 g/mol. The van der Waals surface area contributed by atoms with Crippen LogP contribution >= 0.6 is 0 Å². The highest BCUT2D eigenvalue weighted by molar-refractivity contribution is 5.74. The van der Waals surface area contributed by atoms with E-state index in [1.165, 1.54) is 0 Å². The quantitative estimate of drug-likeness (QED) is 0.716. The van der Waals surface area contributed by atoms with Gasteiger partial charge in [0.2, 0.25) is 0 Å². The molecule has 0 unspecified atom stereocenters. The second kappa shape index (κ2) is 4.01. The molecule has 0 aliphatic rings. The lowest BCUT2D eigenvalue weighted by molar-refractivity contribution is 1.22. The van der Waals surface area contributed by atoms with Crippen LogP contribution in [-0.2, 0) is 0 Å². The Hall–Kier alpha value is -1.70. The third-order valence-corrected chi connectivity index (χ3v) is 1.99. The third-order valence-electron chi connectivity index (χ3n) is 1.99. The zero-order chi connectivity index (χ0) is 9.80. The van der Waals surface area contributed by atoms with Gasteiger partial charge in [-0.2, -0.15) is 0 Å². The minimum absolute atomic E-state index is 0.922. The zero-order valence-electron chi connectivity index (χ0n) is 8.14. The molecule has 1 aromatic carbocycles. The second-order valence-corrected chi connectivity index (χ2v) is 3.09. The number of hydrogen-bond donors (Lipinski definition) is 0. The molecule has 2 heteroatoms. The SMILES string of the molecule is CC/C=C/c1cnc2ccccc2n1. The molecular formula is C12H12N2. The van der Waals surface area contributed by atoms with Gasteiger partial charge in [0.25, 0.3) is 0 Å². The summed E-state index contributed by atoms with van der Waals surface area (Å²) in [6, 6.07) is 7.89. The summed E-state index contributed by atoms with van der Waals surface area (Å²) in [5.74, 6) is 0. The molecule has 0 radical (unpaired) electrons. The molecule has 0 aliphatic carbocycles. The van der Waals surface area contributed by atoms with Gasteiger partial charge < -0.3 is 0 Å². The fraction of sp³-hybridized carbons (Fsp3) is 0.167. The Labute approximate surface area is 83.3 Å². The Bertz CT molecular complexity index is 461. The van der Waals surface area contributed by atoms with Crippen LogP contribution in [0.2, 0.25) is 0 Å². The van der Waals surface area contributed by atoms with Crippen LogP contribution in [0.15, 0.2) is 36.5 Å². The Morgan fingerprint density at radius 3 is 2.79 bits per heavy atom. The highest BCUT2D eigenvalue weighted by Gasteiger charge is 1.94. The maximum Gasteiger partial charge on any atom is 0.0894 e. The molecule has 0 saturated carbocycles. The number of hydrogen-bond acceptors (Lipinski definition) is 2. The first-order valence-electron chi connectivity index (χ1n) is 4.78. The molecule has 0 atom stereocenters. The van der Waals surface area contributed by atoms with Crippen LogP contribution < -0.4 is 0 Å². The van der Waals surface area contributed by atoms with Gasteiger partial charge in [0, 0.05) is 0 Å². The highest BCUT2D eigenvalue weighted by atomic mass is 14.8. The van der Waals surface area contributed by atoms with Gasteiger partial charge in [-0.05, 0) is 24.6 Å². The molecule has 2 rings (SSSR count). The van der Waals surface area contributed by atoms with Gasteiger partial charge >= 0.3 is 0 Å². The Balaban J connectivity index is 2.46. The number of rotatable bonds is 2. The second-order valence-electron chi connectivity index (χ2n) is 3.09. The van der Waals surface area contributed by atoms with Crippen molar-refractivity contribution in [1.29, 1.82) is 0 Å². The fourth-order valence-corrected chi connectivity index (χ4v) is 1.29. The largest absolute Gasteiger partial charge is 0.252 e. The summed E-state index contributed by atoms with van der Waals surface area (Å²) < 4.78 is 0. The van der Waals surface area contributed by atoms with Crippen molar-refractivity contribution in [2.24, 2.45) is 0 Å². The van der Waals surface area contributed by atoms with Crippen LogP contribution in [0.5, 0.6) is 0 Å². The molecule has 1 heterocycles. The van der Waals surface area contributed by atoms with Crippen LogP contribution in [0.1, 0.15) is 19.0 Å². The molecule has 0 spiro atoms. The average Bonchev–Trinajstić information content (AvgIpc) is 2.26. The molecule has 0 N–H and O–H groups in total. The van der Waals surface area contributed by atoms with Gasteiger partial charge in [-0.25, -0.2) is 4.98 Å². The Morgan fingerprint density at radius 2 is 2.00 bits per heavy atom. The van der Waals surface area contributed by atoms with E-state index in [1.54, 1.807) is 6.20 Å². The van der Waals surface area contributed by atoms with Gasteiger partial charge in [0.1, 0.15) is 0 Å². The van der Waals surface area contributed by atoms with E-state index >= 15 is 0 Å². The van der Waals surface area contributed by atoms with Crippen LogP contribution in [-0.4, -0.2) is 9.97 Å². The Kier molecular flexibility index (Phi) is 2.54. The molecule has 14 heavy (non-hydrogen) atoms. The van der Waals surface area contributed by atoms with E-state index in [0.29, 0.717) is 0 Å². The van der Waals surface area contributed by atoms with Gasteiger partial charge in [-0.1, -0.05) is 25.1 Å². The molecule has 0 bridgehead atoms. The summed E-state index contributed by atoms with van der Waals surface area (Å²) in [6.07, 6.45) is 6.90. The molecular weight excluding hydrogens is 172 g/mol. The lowest BCUT2D eigenvalue weighted by Gasteiger charge is -1.96. The number of nitrogens with zero attached hydrogens (tertiary/aromatic N) is 2. The minimum atomic E-state index is 0.922. The van der Waals surface area contributed by atoms with Gasteiger partial charge in [-0.15, -0.1) is 0 Å². The molecule has 0 amide bonds. The van der Waals surface area contributed by atoms with Crippen molar-refractivity contribution in [1.82, 2.24) is 9.97 Å². The summed E-state index contributed by atoms with van der Waals surface area (Å²) >= 11 is 0. The molecule has 2 nitrogen and oxygen atoms in total. The first-order valence-corrected chi connectivity index (χ1v) is 4.78. The van der Waals surface area contributed by atoms with Crippen LogP contribution in [0.4, 0.5) is 0 Å². The van der Waals surface area contributed by atoms with Gasteiger partial charge in [-0.3, -0.25) is 4.98 Å². The average molecular weight is 184 g/mol. The summed E-state index contributed by atoms with van der Waals surface area (Å²) in [6.45, 7) is 2.10. The smallest absolute Gasteiger partial charge is 0.0894 e. The predicted octanol–water partition coefficient (Wildman–Crippen LogP) is 3.05. The van der Waals surface area contributed by atoms with Crippen LogP contribution in [0.3, 0.4) is 0 Å². The number of para-hydroxylation sites is 2. The normalized spacial score (nSPS) is 11.2. The van der Waals surface area contributed by atoms with Crippen molar-refractivity contribution in [3.05, 3.63) is 42.2 Å². The van der Waals surface area contributed by atoms with Gasteiger partial charge in [0.05, 0.1) is 22.9 Å². The third kappa shape index (κ3) is 1.79. The number of aromatic nitrogens is 2. The van der Waals surface area contributed by atoms with E-state index in [0.717, 1.165) is 23.1 Å². The lowest BCUT2D eigenvalue weighted by Crippen LogP contribution is -1.86. The Morgan fingerprint density at radius 1 is 1.21 bits per heavy atom. The van der Waals surface area contributed by atoms with Gasteiger partial charge in [0.15, 0.2) is 0 Å². The van der Waals surface area contributed by atoms with E-state index in [2.05, 4.69) is 23.0 Å². The minimum Gasteiger partial charge on any atom is -0.252 e.